The Bertz CT molecular complexity index is 465. The fourth-order valence-corrected chi connectivity index (χ4v) is 2.46. The number of hydrogen-bond acceptors (Lipinski definition) is 2. The van der Waals surface area contributed by atoms with Crippen molar-refractivity contribution < 1.29 is 13.9 Å². The Balaban J connectivity index is 2.60. The van der Waals surface area contributed by atoms with Crippen molar-refractivity contribution >= 4 is 6.09 Å². The third kappa shape index (κ3) is 8.58. The van der Waals surface area contributed by atoms with Gasteiger partial charge in [0, 0.05) is 12.5 Å². The molecule has 0 fully saturated rings. The molecule has 0 heterocycles. The molecular formula is C19H30FNO2. The average Bonchev–Trinajstić information content (AvgIpc) is 2.46. The molecule has 0 radical (unpaired) electrons. The lowest BCUT2D eigenvalue weighted by molar-refractivity contribution is 0.0524. The van der Waals surface area contributed by atoms with E-state index in [9.17, 15) is 9.18 Å². The molecule has 1 rings (SSSR count). The SMILES string of the molecule is CCCCCCC(CNC(=O)OC(C)(C)C)c1ccc(F)cc1. The number of amides is 1. The Hall–Kier alpha value is -1.58. The summed E-state index contributed by atoms with van der Waals surface area (Å²) in [7, 11) is 0. The van der Waals surface area contributed by atoms with Crippen molar-refractivity contribution in [2.45, 2.75) is 71.3 Å². The summed E-state index contributed by atoms with van der Waals surface area (Å²) in [5.74, 6) is -0.0569. The average molecular weight is 323 g/mol. The van der Waals surface area contributed by atoms with Crippen LogP contribution in [-0.4, -0.2) is 18.2 Å². The molecule has 1 amide bonds. The summed E-state index contributed by atoms with van der Waals surface area (Å²) in [4.78, 5) is 11.8. The minimum absolute atomic E-state index is 0.181. The van der Waals surface area contributed by atoms with E-state index in [0.29, 0.717) is 6.54 Å². The molecule has 0 saturated heterocycles. The third-order valence-corrected chi connectivity index (χ3v) is 3.64. The van der Waals surface area contributed by atoms with E-state index in [1.807, 2.05) is 20.8 Å². The molecule has 23 heavy (non-hydrogen) atoms. The van der Waals surface area contributed by atoms with Crippen molar-refractivity contribution in [3.05, 3.63) is 35.6 Å². The summed E-state index contributed by atoms with van der Waals surface area (Å²) in [5.41, 5.74) is 0.551. The number of alkyl carbamates (subject to hydrolysis) is 1. The first-order chi connectivity index (χ1) is 10.8. The van der Waals surface area contributed by atoms with Gasteiger partial charge in [-0.15, -0.1) is 0 Å². The molecule has 0 saturated carbocycles. The molecule has 0 aliphatic heterocycles. The standard InChI is InChI=1S/C19H30FNO2/c1-5-6-7-8-9-16(15-10-12-17(20)13-11-15)14-21-18(22)23-19(2,3)4/h10-13,16H,5-9,14H2,1-4H3,(H,21,22). The minimum atomic E-state index is -0.503. The van der Waals surface area contributed by atoms with Crippen LogP contribution in [0, 0.1) is 5.82 Å². The number of ether oxygens (including phenoxy) is 1. The van der Waals surface area contributed by atoms with E-state index in [1.54, 1.807) is 12.1 Å². The smallest absolute Gasteiger partial charge is 0.407 e. The summed E-state index contributed by atoms with van der Waals surface area (Å²) in [6.45, 7) is 8.21. The summed E-state index contributed by atoms with van der Waals surface area (Å²) < 4.78 is 18.4. The van der Waals surface area contributed by atoms with Crippen LogP contribution >= 0.6 is 0 Å². The second-order valence-electron chi connectivity index (χ2n) is 6.98. The van der Waals surface area contributed by atoms with Gasteiger partial charge in [0.2, 0.25) is 0 Å². The van der Waals surface area contributed by atoms with Gasteiger partial charge in [-0.2, -0.15) is 0 Å². The molecule has 1 aromatic rings. The van der Waals surface area contributed by atoms with Crippen molar-refractivity contribution in [1.29, 1.82) is 0 Å². The molecule has 0 aliphatic rings. The van der Waals surface area contributed by atoms with E-state index in [-0.39, 0.29) is 11.7 Å². The second kappa shape index (κ2) is 9.53. The Morgan fingerprint density at radius 1 is 1.17 bits per heavy atom. The lowest BCUT2D eigenvalue weighted by Gasteiger charge is -2.22. The molecule has 1 aromatic carbocycles. The van der Waals surface area contributed by atoms with Gasteiger partial charge in [0.05, 0.1) is 0 Å². The van der Waals surface area contributed by atoms with Gasteiger partial charge in [0.15, 0.2) is 0 Å². The summed E-state index contributed by atoms with van der Waals surface area (Å²) in [6, 6.07) is 6.55. The van der Waals surface area contributed by atoms with Crippen molar-refractivity contribution in [2.75, 3.05) is 6.54 Å². The molecule has 4 heteroatoms. The molecule has 0 aliphatic carbocycles. The highest BCUT2D eigenvalue weighted by molar-refractivity contribution is 5.67. The lowest BCUT2D eigenvalue weighted by atomic mass is 9.93. The number of carbonyl (C=O) groups excluding carboxylic acids is 1. The largest absolute Gasteiger partial charge is 0.444 e. The highest BCUT2D eigenvalue weighted by Gasteiger charge is 2.18. The number of halogens is 1. The van der Waals surface area contributed by atoms with Gasteiger partial charge in [0.25, 0.3) is 0 Å². The van der Waals surface area contributed by atoms with Crippen LogP contribution in [0.3, 0.4) is 0 Å². The van der Waals surface area contributed by atoms with E-state index in [4.69, 9.17) is 4.74 Å². The zero-order valence-electron chi connectivity index (χ0n) is 14.8. The number of rotatable bonds is 8. The van der Waals surface area contributed by atoms with Crippen LogP contribution in [0.2, 0.25) is 0 Å². The maximum atomic E-state index is 13.1. The van der Waals surface area contributed by atoms with E-state index in [2.05, 4.69) is 12.2 Å². The van der Waals surface area contributed by atoms with Crippen LogP contribution in [0.5, 0.6) is 0 Å². The fraction of sp³-hybridized carbons (Fsp3) is 0.632. The summed E-state index contributed by atoms with van der Waals surface area (Å²) in [5, 5.41) is 2.84. The van der Waals surface area contributed by atoms with Crippen LogP contribution in [0.15, 0.2) is 24.3 Å². The maximum Gasteiger partial charge on any atom is 0.407 e. The Morgan fingerprint density at radius 2 is 1.83 bits per heavy atom. The quantitative estimate of drug-likeness (QED) is 0.650. The fourth-order valence-electron chi connectivity index (χ4n) is 2.46. The maximum absolute atomic E-state index is 13.1. The van der Waals surface area contributed by atoms with Gasteiger partial charge in [-0.05, 0) is 44.9 Å². The molecule has 1 N–H and O–H groups in total. The van der Waals surface area contributed by atoms with Gasteiger partial charge in [-0.1, -0.05) is 44.7 Å². The Kier molecular flexibility index (Phi) is 8.07. The van der Waals surface area contributed by atoms with Crippen LogP contribution in [0.4, 0.5) is 9.18 Å². The molecule has 0 bridgehead atoms. The zero-order valence-corrected chi connectivity index (χ0v) is 14.8. The van der Waals surface area contributed by atoms with Gasteiger partial charge in [-0.25, -0.2) is 9.18 Å². The van der Waals surface area contributed by atoms with E-state index in [1.165, 1.54) is 31.4 Å². The molecule has 0 spiro atoms. The highest BCUT2D eigenvalue weighted by atomic mass is 19.1. The first-order valence-electron chi connectivity index (χ1n) is 8.54. The van der Waals surface area contributed by atoms with Crippen LogP contribution < -0.4 is 5.32 Å². The number of unbranched alkanes of at least 4 members (excludes halogenated alkanes) is 3. The minimum Gasteiger partial charge on any atom is -0.444 e. The van der Waals surface area contributed by atoms with E-state index < -0.39 is 11.7 Å². The van der Waals surface area contributed by atoms with Gasteiger partial charge >= 0.3 is 6.09 Å². The van der Waals surface area contributed by atoms with Crippen molar-refractivity contribution in [3.63, 3.8) is 0 Å². The van der Waals surface area contributed by atoms with E-state index >= 15 is 0 Å². The molecular weight excluding hydrogens is 293 g/mol. The first-order valence-corrected chi connectivity index (χ1v) is 8.54. The predicted molar refractivity (Wildman–Crippen MR) is 92.1 cm³/mol. The van der Waals surface area contributed by atoms with Gasteiger partial charge < -0.3 is 10.1 Å². The van der Waals surface area contributed by atoms with Crippen LogP contribution in [0.1, 0.15) is 71.3 Å². The van der Waals surface area contributed by atoms with Crippen LogP contribution in [0.25, 0.3) is 0 Å². The molecule has 1 unspecified atom stereocenters. The summed E-state index contributed by atoms with van der Waals surface area (Å²) >= 11 is 0. The van der Waals surface area contributed by atoms with Crippen molar-refractivity contribution in [3.8, 4) is 0 Å². The monoisotopic (exact) mass is 323 g/mol. The van der Waals surface area contributed by atoms with Gasteiger partial charge in [0.1, 0.15) is 11.4 Å². The third-order valence-electron chi connectivity index (χ3n) is 3.64. The molecule has 1 atom stereocenters. The highest BCUT2D eigenvalue weighted by Crippen LogP contribution is 2.23. The predicted octanol–water partition coefficient (Wildman–Crippen LogP) is 5.40. The van der Waals surface area contributed by atoms with Crippen molar-refractivity contribution in [1.82, 2.24) is 5.32 Å². The molecule has 130 valence electrons. The number of benzene rings is 1. The number of hydrogen-bond donors (Lipinski definition) is 1. The normalized spacial score (nSPS) is 12.7. The number of nitrogens with one attached hydrogen (secondary N) is 1. The topological polar surface area (TPSA) is 38.3 Å². The second-order valence-corrected chi connectivity index (χ2v) is 6.98. The number of carbonyl (C=O) groups is 1. The van der Waals surface area contributed by atoms with Crippen LogP contribution in [-0.2, 0) is 4.74 Å². The first kappa shape index (κ1) is 19.5. The Morgan fingerprint density at radius 3 is 2.39 bits per heavy atom. The molecule has 0 aromatic heterocycles. The Labute approximate surface area is 139 Å². The summed E-state index contributed by atoms with van der Waals surface area (Å²) in [6.07, 6.45) is 5.26. The van der Waals surface area contributed by atoms with Gasteiger partial charge in [-0.3, -0.25) is 0 Å². The van der Waals surface area contributed by atoms with E-state index in [0.717, 1.165) is 18.4 Å². The van der Waals surface area contributed by atoms with Crippen molar-refractivity contribution in [2.24, 2.45) is 0 Å². The zero-order chi connectivity index (χ0) is 17.3. The molecule has 3 nitrogen and oxygen atoms in total. The lowest BCUT2D eigenvalue weighted by Crippen LogP contribution is -2.34.